The number of carbonyl (C=O) groups is 2. The summed E-state index contributed by atoms with van der Waals surface area (Å²) in [6.45, 7) is 5.88. The van der Waals surface area contributed by atoms with Crippen LogP contribution in [0, 0.1) is 5.92 Å². The van der Waals surface area contributed by atoms with E-state index in [9.17, 15) is 14.7 Å². The number of aliphatic hydroxyl groups is 1. The van der Waals surface area contributed by atoms with Gasteiger partial charge in [0.1, 0.15) is 12.8 Å². The molecule has 2 atom stereocenters. The maximum absolute atomic E-state index is 11.8. The largest absolute Gasteiger partial charge is 0.480 e. The third-order valence-electron chi connectivity index (χ3n) is 2.68. The van der Waals surface area contributed by atoms with Crippen LogP contribution in [0.3, 0.4) is 0 Å². The normalized spacial score (nSPS) is 14.2. The van der Waals surface area contributed by atoms with Gasteiger partial charge < -0.3 is 19.7 Å². The molecule has 0 aromatic rings. The van der Waals surface area contributed by atoms with Crippen LogP contribution in [0.15, 0.2) is 0 Å². The van der Waals surface area contributed by atoms with Crippen molar-refractivity contribution in [2.45, 2.75) is 39.3 Å². The summed E-state index contributed by atoms with van der Waals surface area (Å²) < 4.78 is 5.19. The number of hydrogen-bond acceptors (Lipinski definition) is 6. The van der Waals surface area contributed by atoms with Gasteiger partial charge in [-0.15, -0.1) is 0 Å². The molecule has 0 spiro atoms. The lowest BCUT2D eigenvalue weighted by Gasteiger charge is -2.24. The number of aliphatic carboxylic acids is 1. The summed E-state index contributed by atoms with van der Waals surface area (Å²) in [5, 5.41) is 21.1. The number of rotatable bonds is 11. The van der Waals surface area contributed by atoms with Crippen molar-refractivity contribution in [1.29, 1.82) is 0 Å². The molecule has 0 heterocycles. The van der Waals surface area contributed by atoms with Crippen LogP contribution in [0.25, 0.3) is 0 Å². The number of aliphatic hydroxyl groups excluding tert-OH is 1. The molecule has 0 fully saturated rings. The zero-order valence-corrected chi connectivity index (χ0v) is 13.9. The molecule has 7 nitrogen and oxygen atoms in total. The highest BCUT2D eigenvalue weighted by atomic mass is 32.2. The Kier molecular flexibility index (Phi) is 10.4. The van der Waals surface area contributed by atoms with Crippen molar-refractivity contribution < 1.29 is 24.0 Å². The van der Waals surface area contributed by atoms with Crippen LogP contribution >= 0.6 is 12.0 Å². The lowest BCUT2D eigenvalue weighted by molar-refractivity contribution is -0.141. The van der Waals surface area contributed by atoms with Crippen molar-refractivity contribution in [3.63, 3.8) is 0 Å². The van der Waals surface area contributed by atoms with E-state index < -0.39 is 24.0 Å². The zero-order valence-electron chi connectivity index (χ0n) is 13.0. The molecule has 0 saturated carbocycles. The Hall–Kier alpha value is -0.830. The minimum atomic E-state index is -1.09. The monoisotopic (exact) mass is 322 g/mol. The van der Waals surface area contributed by atoms with E-state index in [1.165, 1.54) is 19.0 Å². The second-order valence-electron chi connectivity index (χ2n) is 5.34. The Labute approximate surface area is 130 Å². The molecule has 0 bridgehead atoms. The maximum Gasteiger partial charge on any atom is 0.325 e. The Bertz CT molecular complexity index is 328. The number of amides is 1. The van der Waals surface area contributed by atoms with Gasteiger partial charge in [0.2, 0.25) is 5.91 Å². The predicted octanol–water partition coefficient (Wildman–Crippen LogP) is 0.537. The predicted molar refractivity (Wildman–Crippen MR) is 81.7 cm³/mol. The van der Waals surface area contributed by atoms with E-state index in [1.807, 2.05) is 13.8 Å². The van der Waals surface area contributed by atoms with Gasteiger partial charge in [0.15, 0.2) is 0 Å². The van der Waals surface area contributed by atoms with Crippen molar-refractivity contribution in [2.24, 2.45) is 5.92 Å². The van der Waals surface area contributed by atoms with Crippen LogP contribution in [-0.2, 0) is 13.8 Å². The van der Waals surface area contributed by atoms with Gasteiger partial charge in [-0.25, -0.2) is 0 Å². The molecule has 0 aliphatic heterocycles. The molecular formula is C13H26N2O5S. The summed E-state index contributed by atoms with van der Waals surface area (Å²) in [5.41, 5.74) is 0. The highest BCUT2D eigenvalue weighted by molar-refractivity contribution is 7.93. The molecule has 3 N–H and O–H groups in total. The summed E-state index contributed by atoms with van der Waals surface area (Å²) >= 11 is 1.17. The van der Waals surface area contributed by atoms with Crippen LogP contribution in [0.1, 0.15) is 27.2 Å². The van der Waals surface area contributed by atoms with Crippen molar-refractivity contribution in [3.8, 4) is 0 Å². The van der Waals surface area contributed by atoms with Crippen molar-refractivity contribution in [3.05, 3.63) is 0 Å². The van der Waals surface area contributed by atoms with Gasteiger partial charge in [0.25, 0.3) is 0 Å². The van der Waals surface area contributed by atoms with Gasteiger partial charge >= 0.3 is 5.97 Å². The fraction of sp³-hybridized carbons (Fsp3) is 0.846. The van der Waals surface area contributed by atoms with E-state index in [1.54, 1.807) is 11.2 Å². The molecule has 0 rings (SSSR count). The van der Waals surface area contributed by atoms with E-state index in [4.69, 9.17) is 9.29 Å². The van der Waals surface area contributed by atoms with E-state index in [0.29, 0.717) is 18.9 Å². The number of nitrogens with zero attached hydrogens (tertiary/aromatic N) is 1. The van der Waals surface area contributed by atoms with Crippen molar-refractivity contribution in [2.75, 3.05) is 26.1 Å². The van der Waals surface area contributed by atoms with Gasteiger partial charge in [0, 0.05) is 12.8 Å². The fourth-order valence-corrected chi connectivity index (χ4v) is 2.01. The second-order valence-corrected chi connectivity index (χ2v) is 5.90. The molecule has 0 saturated heterocycles. The first-order valence-corrected chi connectivity index (χ1v) is 7.99. The standard InChI is InChI=1S/C13H26N2O5S/c1-9(2)5-11(16)6-15(8-20-21-4)7-12(17)14-10(3)13(18)19/h9-11,16H,5-8H2,1-4H3,(H,14,17)(H,18,19). The Morgan fingerprint density at radius 2 is 1.95 bits per heavy atom. The minimum Gasteiger partial charge on any atom is -0.480 e. The molecule has 0 aliphatic rings. The summed E-state index contributed by atoms with van der Waals surface area (Å²) in [6.07, 6.45) is 1.83. The summed E-state index contributed by atoms with van der Waals surface area (Å²) in [5.74, 6) is -1.15. The number of carboxylic acids is 1. The van der Waals surface area contributed by atoms with Crippen LogP contribution in [0.4, 0.5) is 0 Å². The first-order chi connectivity index (χ1) is 9.76. The number of hydrogen-bond donors (Lipinski definition) is 3. The van der Waals surface area contributed by atoms with Gasteiger partial charge in [-0.3, -0.25) is 14.5 Å². The summed E-state index contributed by atoms with van der Waals surface area (Å²) in [7, 11) is 0. The second kappa shape index (κ2) is 10.8. The Morgan fingerprint density at radius 3 is 2.43 bits per heavy atom. The SMILES string of the molecule is CSOCN(CC(=O)NC(C)C(=O)O)CC(O)CC(C)C. The maximum atomic E-state index is 11.8. The Morgan fingerprint density at radius 1 is 1.33 bits per heavy atom. The molecule has 8 heteroatoms. The topological polar surface area (TPSA) is 99.1 Å². The molecule has 1 amide bonds. The molecule has 124 valence electrons. The highest BCUT2D eigenvalue weighted by Gasteiger charge is 2.19. The summed E-state index contributed by atoms with van der Waals surface area (Å²) in [6, 6.07) is -0.943. The van der Waals surface area contributed by atoms with Gasteiger partial charge in [-0.2, -0.15) is 0 Å². The molecular weight excluding hydrogens is 296 g/mol. The zero-order chi connectivity index (χ0) is 16.4. The van der Waals surface area contributed by atoms with Crippen LogP contribution in [0.5, 0.6) is 0 Å². The minimum absolute atomic E-state index is 0.0205. The van der Waals surface area contributed by atoms with E-state index >= 15 is 0 Å². The van der Waals surface area contributed by atoms with Crippen LogP contribution in [0.2, 0.25) is 0 Å². The molecule has 21 heavy (non-hydrogen) atoms. The van der Waals surface area contributed by atoms with E-state index in [2.05, 4.69) is 5.32 Å². The molecule has 0 radical (unpaired) electrons. The van der Waals surface area contributed by atoms with Gasteiger partial charge in [-0.05, 0) is 31.3 Å². The molecule has 0 aromatic heterocycles. The quantitative estimate of drug-likeness (QED) is 0.377. The van der Waals surface area contributed by atoms with Crippen LogP contribution in [-0.4, -0.2) is 65.2 Å². The average molecular weight is 322 g/mol. The van der Waals surface area contributed by atoms with Crippen molar-refractivity contribution >= 4 is 23.9 Å². The first-order valence-electron chi connectivity index (χ1n) is 6.84. The highest BCUT2D eigenvalue weighted by Crippen LogP contribution is 2.07. The number of carbonyl (C=O) groups excluding carboxylic acids is 1. The van der Waals surface area contributed by atoms with Gasteiger partial charge in [-0.1, -0.05) is 13.8 Å². The Balaban J connectivity index is 4.39. The number of carboxylic acid groups (broad SMARTS) is 1. The molecule has 0 aromatic carbocycles. The third kappa shape index (κ3) is 10.5. The molecule has 2 unspecified atom stereocenters. The average Bonchev–Trinajstić information content (AvgIpc) is 2.34. The number of nitrogens with one attached hydrogen (secondary N) is 1. The fourth-order valence-electron chi connectivity index (χ4n) is 1.76. The van der Waals surface area contributed by atoms with E-state index in [-0.39, 0.29) is 13.3 Å². The third-order valence-corrected chi connectivity index (χ3v) is 3.02. The molecule has 0 aliphatic carbocycles. The van der Waals surface area contributed by atoms with Gasteiger partial charge in [0.05, 0.1) is 12.6 Å². The van der Waals surface area contributed by atoms with E-state index in [0.717, 1.165) is 0 Å². The van der Waals surface area contributed by atoms with Crippen molar-refractivity contribution in [1.82, 2.24) is 10.2 Å². The lowest BCUT2D eigenvalue weighted by Crippen LogP contribution is -2.46. The summed E-state index contributed by atoms with van der Waals surface area (Å²) in [4.78, 5) is 24.1. The van der Waals surface area contributed by atoms with Crippen LogP contribution < -0.4 is 5.32 Å². The lowest BCUT2D eigenvalue weighted by atomic mass is 10.1. The first kappa shape index (κ1) is 20.2. The smallest absolute Gasteiger partial charge is 0.325 e.